The number of carbonyl (C=O) groups is 1. The van der Waals surface area contributed by atoms with Crippen LogP contribution in [0.4, 0.5) is 0 Å². The van der Waals surface area contributed by atoms with Gasteiger partial charge in [0, 0.05) is 25.7 Å². The number of carbonyl (C=O) groups excluding carboxylic acids is 1. The Morgan fingerprint density at radius 3 is 2.68 bits per heavy atom. The lowest BCUT2D eigenvalue weighted by atomic mass is 10.1. The summed E-state index contributed by atoms with van der Waals surface area (Å²) in [6.07, 6.45) is 2.96. The summed E-state index contributed by atoms with van der Waals surface area (Å²) in [5.74, 6) is 0.0790. The van der Waals surface area contributed by atoms with E-state index in [1.54, 1.807) is 34.7 Å². The number of unbranched alkanes of at least 4 members (excludes halogenated alkanes) is 2. The second-order valence-corrected chi connectivity index (χ2v) is 8.33. The molecule has 0 aliphatic heterocycles. The second kappa shape index (κ2) is 10.8. The Kier molecular flexibility index (Phi) is 7.85. The molecule has 0 N–H and O–H groups in total. The minimum atomic E-state index is -0.133. The minimum Gasteiger partial charge on any atom is -0.337 e. The highest BCUT2D eigenvalue weighted by Gasteiger charge is 2.16. The van der Waals surface area contributed by atoms with Gasteiger partial charge in [0.15, 0.2) is 5.16 Å². The van der Waals surface area contributed by atoms with Gasteiger partial charge >= 0.3 is 0 Å². The topological polar surface area (TPSA) is 79.0 Å². The van der Waals surface area contributed by atoms with Crippen molar-refractivity contribution in [3.05, 3.63) is 70.0 Å². The highest BCUT2D eigenvalue weighted by atomic mass is 32.2. The number of rotatable bonds is 9. The maximum Gasteiger partial charge on any atom is 0.262 e. The summed E-state index contributed by atoms with van der Waals surface area (Å²) in [7, 11) is 1.76. The van der Waals surface area contributed by atoms with E-state index in [4.69, 9.17) is 5.26 Å². The van der Waals surface area contributed by atoms with Crippen LogP contribution >= 0.6 is 11.8 Å². The van der Waals surface area contributed by atoms with Crippen LogP contribution in [0, 0.1) is 11.3 Å². The monoisotopic (exact) mass is 434 g/mol. The van der Waals surface area contributed by atoms with Crippen LogP contribution in [-0.2, 0) is 13.1 Å². The molecule has 0 saturated carbocycles. The van der Waals surface area contributed by atoms with Crippen LogP contribution < -0.4 is 5.56 Å². The van der Waals surface area contributed by atoms with Crippen molar-refractivity contribution in [2.45, 2.75) is 44.4 Å². The standard InChI is InChI=1S/C24H26N4O2S/c1-3-4-8-14-28-23(30)20-12-11-19(16-21(20)26-24(28)31-15-13-25)22(29)27(2)17-18-9-6-5-7-10-18/h5-7,9-12,16H,3-4,8,14-15,17H2,1-2H3. The van der Waals surface area contributed by atoms with Crippen LogP contribution in [0.3, 0.4) is 0 Å². The van der Waals surface area contributed by atoms with Crippen molar-refractivity contribution < 1.29 is 4.79 Å². The second-order valence-electron chi connectivity index (χ2n) is 7.38. The molecule has 6 nitrogen and oxygen atoms in total. The van der Waals surface area contributed by atoms with E-state index in [2.05, 4.69) is 18.0 Å². The van der Waals surface area contributed by atoms with Crippen LogP contribution in [0.15, 0.2) is 58.5 Å². The van der Waals surface area contributed by atoms with Crippen LogP contribution in [0.1, 0.15) is 42.1 Å². The molecule has 160 valence electrons. The van der Waals surface area contributed by atoms with Crippen molar-refractivity contribution in [1.29, 1.82) is 5.26 Å². The highest BCUT2D eigenvalue weighted by molar-refractivity contribution is 7.99. The van der Waals surface area contributed by atoms with E-state index in [0.29, 0.717) is 34.7 Å². The number of amides is 1. The van der Waals surface area contributed by atoms with Crippen molar-refractivity contribution >= 4 is 28.6 Å². The van der Waals surface area contributed by atoms with Crippen molar-refractivity contribution in [1.82, 2.24) is 14.5 Å². The van der Waals surface area contributed by atoms with Crippen molar-refractivity contribution in [2.24, 2.45) is 0 Å². The molecule has 2 aromatic carbocycles. The Labute approximate surface area is 186 Å². The van der Waals surface area contributed by atoms with Crippen molar-refractivity contribution in [2.75, 3.05) is 12.8 Å². The zero-order valence-electron chi connectivity index (χ0n) is 17.9. The molecular formula is C24H26N4O2S. The van der Waals surface area contributed by atoms with Gasteiger partial charge < -0.3 is 4.90 Å². The van der Waals surface area contributed by atoms with Crippen molar-refractivity contribution in [3.63, 3.8) is 0 Å². The lowest BCUT2D eigenvalue weighted by Crippen LogP contribution is -2.27. The Bertz CT molecular complexity index is 1150. The summed E-state index contributed by atoms with van der Waals surface area (Å²) in [4.78, 5) is 32.3. The van der Waals surface area contributed by atoms with E-state index in [-0.39, 0.29) is 17.2 Å². The van der Waals surface area contributed by atoms with E-state index >= 15 is 0 Å². The molecule has 0 aliphatic carbocycles. The molecule has 1 amide bonds. The third-order valence-electron chi connectivity index (χ3n) is 5.03. The Morgan fingerprint density at radius 2 is 1.97 bits per heavy atom. The quantitative estimate of drug-likeness (QED) is 0.282. The van der Waals surface area contributed by atoms with Gasteiger partial charge in [-0.05, 0) is 30.2 Å². The van der Waals surface area contributed by atoms with Crippen LogP contribution in [0.2, 0.25) is 0 Å². The Balaban J connectivity index is 1.93. The van der Waals surface area contributed by atoms with E-state index < -0.39 is 0 Å². The smallest absolute Gasteiger partial charge is 0.262 e. The molecule has 0 aliphatic rings. The fourth-order valence-electron chi connectivity index (χ4n) is 3.41. The Morgan fingerprint density at radius 1 is 1.19 bits per heavy atom. The molecule has 0 spiro atoms. The summed E-state index contributed by atoms with van der Waals surface area (Å²) in [5.41, 5.74) is 1.88. The highest BCUT2D eigenvalue weighted by Crippen LogP contribution is 2.20. The predicted molar refractivity (Wildman–Crippen MR) is 124 cm³/mol. The SMILES string of the molecule is CCCCCn1c(SCC#N)nc2cc(C(=O)N(C)Cc3ccccc3)ccc2c1=O. The van der Waals surface area contributed by atoms with E-state index in [1.165, 1.54) is 11.8 Å². The first-order valence-corrected chi connectivity index (χ1v) is 11.4. The molecule has 1 aromatic heterocycles. The summed E-state index contributed by atoms with van der Waals surface area (Å²) < 4.78 is 1.66. The average Bonchev–Trinajstić information content (AvgIpc) is 2.79. The molecule has 0 unspecified atom stereocenters. The van der Waals surface area contributed by atoms with Gasteiger partial charge in [0.2, 0.25) is 0 Å². The first-order valence-electron chi connectivity index (χ1n) is 10.4. The minimum absolute atomic E-state index is 0.127. The first-order chi connectivity index (χ1) is 15.0. The maximum atomic E-state index is 13.1. The summed E-state index contributed by atoms with van der Waals surface area (Å²) in [5, 5.41) is 9.99. The molecular weight excluding hydrogens is 408 g/mol. The lowest BCUT2D eigenvalue weighted by molar-refractivity contribution is 0.0785. The fourth-order valence-corrected chi connectivity index (χ4v) is 4.09. The van der Waals surface area contributed by atoms with Gasteiger partial charge in [-0.1, -0.05) is 61.9 Å². The van der Waals surface area contributed by atoms with Crippen molar-refractivity contribution in [3.8, 4) is 6.07 Å². The van der Waals surface area contributed by atoms with Crippen LogP contribution in [0.25, 0.3) is 10.9 Å². The van der Waals surface area contributed by atoms with Gasteiger partial charge in [0.05, 0.1) is 22.7 Å². The van der Waals surface area contributed by atoms with E-state index in [1.807, 2.05) is 30.3 Å². The van der Waals surface area contributed by atoms with E-state index in [0.717, 1.165) is 24.8 Å². The summed E-state index contributed by atoms with van der Waals surface area (Å²) >= 11 is 1.25. The molecule has 0 atom stereocenters. The van der Waals surface area contributed by atoms with Crippen LogP contribution in [0.5, 0.6) is 0 Å². The summed E-state index contributed by atoms with van der Waals surface area (Å²) in [6.45, 7) is 3.18. The van der Waals surface area contributed by atoms with Gasteiger partial charge in [-0.2, -0.15) is 5.26 Å². The third-order valence-corrected chi connectivity index (χ3v) is 5.87. The molecule has 0 fully saturated rings. The lowest BCUT2D eigenvalue weighted by Gasteiger charge is -2.18. The maximum absolute atomic E-state index is 13.1. The van der Waals surface area contributed by atoms with Gasteiger partial charge in [0.1, 0.15) is 0 Å². The van der Waals surface area contributed by atoms with E-state index in [9.17, 15) is 9.59 Å². The number of hydrogen-bond acceptors (Lipinski definition) is 5. The predicted octanol–water partition coefficient (Wildman–Crippen LogP) is 4.47. The molecule has 0 saturated heterocycles. The third kappa shape index (κ3) is 5.53. The number of hydrogen-bond donors (Lipinski definition) is 0. The normalized spacial score (nSPS) is 10.7. The number of nitrogens with zero attached hydrogens (tertiary/aromatic N) is 4. The summed E-state index contributed by atoms with van der Waals surface area (Å²) in [6, 6.07) is 16.9. The largest absolute Gasteiger partial charge is 0.337 e. The molecule has 1 heterocycles. The zero-order valence-corrected chi connectivity index (χ0v) is 18.7. The average molecular weight is 435 g/mol. The molecule has 31 heavy (non-hydrogen) atoms. The van der Waals surface area contributed by atoms with Gasteiger partial charge in [-0.3, -0.25) is 14.2 Å². The van der Waals surface area contributed by atoms with Gasteiger partial charge in [0.25, 0.3) is 11.5 Å². The molecule has 7 heteroatoms. The van der Waals surface area contributed by atoms with Gasteiger partial charge in [-0.25, -0.2) is 4.98 Å². The molecule has 3 rings (SSSR count). The number of fused-ring (bicyclic) bond motifs is 1. The zero-order chi connectivity index (χ0) is 22.2. The van der Waals surface area contributed by atoms with Gasteiger partial charge in [-0.15, -0.1) is 0 Å². The van der Waals surface area contributed by atoms with Crippen LogP contribution in [-0.4, -0.2) is 33.2 Å². The number of aromatic nitrogens is 2. The number of thioether (sulfide) groups is 1. The first kappa shape index (κ1) is 22.6. The Hall–Kier alpha value is -3.11. The molecule has 0 bridgehead atoms. The number of benzene rings is 2. The molecule has 0 radical (unpaired) electrons. The fraction of sp³-hybridized carbons (Fsp3) is 0.333. The molecule has 3 aromatic rings. The number of nitriles is 1.